The van der Waals surface area contributed by atoms with Gasteiger partial charge >= 0.3 is 0 Å². The lowest BCUT2D eigenvalue weighted by molar-refractivity contribution is -0.124. The van der Waals surface area contributed by atoms with Crippen molar-refractivity contribution >= 4 is 40.7 Å². The molecule has 3 amide bonds. The van der Waals surface area contributed by atoms with Crippen LogP contribution in [0.3, 0.4) is 0 Å². The first-order valence-corrected chi connectivity index (χ1v) is 11.1. The zero-order chi connectivity index (χ0) is 21.4. The normalized spacial score (nSPS) is 32.1. The van der Waals surface area contributed by atoms with Crippen molar-refractivity contribution in [3.05, 3.63) is 70.8 Å². The molecule has 156 valence electrons. The molecular weight excluding hydrogens is 412 g/mol. The monoisotopic (exact) mass is 432 g/mol. The number of rotatable bonds is 3. The Hall–Kier alpha value is -2.92. The van der Waals surface area contributed by atoms with Crippen LogP contribution in [0.4, 0.5) is 11.4 Å². The van der Waals surface area contributed by atoms with E-state index in [4.69, 9.17) is 11.6 Å². The number of nitrogens with one attached hydrogen (secondary N) is 1. The van der Waals surface area contributed by atoms with Crippen LogP contribution in [0.2, 0.25) is 5.02 Å². The molecule has 6 heteroatoms. The number of carbonyl (C=O) groups excluding carboxylic acids is 3. The van der Waals surface area contributed by atoms with E-state index in [0.717, 1.165) is 12.0 Å². The minimum absolute atomic E-state index is 0.122. The first-order chi connectivity index (χ1) is 15.0. The van der Waals surface area contributed by atoms with Crippen LogP contribution in [0.25, 0.3) is 0 Å². The van der Waals surface area contributed by atoms with E-state index in [-0.39, 0.29) is 41.4 Å². The SMILES string of the molecule is Cc1c(Cl)cccc1NC(=O)c1cccc(N2C(=O)[C@@H]3[C@H]4C=C[C@@H]([C@@H]5C[C@@H]45)[C@H]3C2=O)c1. The summed E-state index contributed by atoms with van der Waals surface area (Å²) in [6, 6.07) is 12.1. The summed E-state index contributed by atoms with van der Waals surface area (Å²) in [5.74, 6) is 0.419. The second kappa shape index (κ2) is 6.54. The van der Waals surface area contributed by atoms with Gasteiger partial charge in [-0.05, 0) is 72.9 Å². The largest absolute Gasteiger partial charge is 0.322 e. The van der Waals surface area contributed by atoms with Crippen LogP contribution < -0.4 is 10.2 Å². The number of amides is 3. The van der Waals surface area contributed by atoms with E-state index in [1.54, 1.807) is 42.5 Å². The number of hydrogen-bond donors (Lipinski definition) is 1. The molecule has 31 heavy (non-hydrogen) atoms. The molecule has 0 unspecified atom stereocenters. The second-order valence-corrected chi connectivity index (χ2v) is 9.49. The van der Waals surface area contributed by atoms with Crippen molar-refractivity contribution in [3.8, 4) is 0 Å². The number of halogens is 1. The lowest BCUT2D eigenvalue weighted by Crippen LogP contribution is -2.40. The third-order valence-electron chi connectivity index (χ3n) is 7.55. The molecule has 6 atom stereocenters. The van der Waals surface area contributed by atoms with Crippen molar-refractivity contribution in [2.24, 2.45) is 35.5 Å². The Balaban J connectivity index is 1.29. The molecule has 1 saturated heterocycles. The highest BCUT2D eigenvalue weighted by molar-refractivity contribution is 6.31. The van der Waals surface area contributed by atoms with Gasteiger partial charge in [0.1, 0.15) is 0 Å². The Morgan fingerprint density at radius 1 is 1.00 bits per heavy atom. The zero-order valence-electron chi connectivity index (χ0n) is 16.9. The van der Waals surface area contributed by atoms with Gasteiger partial charge in [0.25, 0.3) is 5.91 Å². The van der Waals surface area contributed by atoms with Gasteiger partial charge in [0.2, 0.25) is 11.8 Å². The molecule has 2 bridgehead atoms. The topological polar surface area (TPSA) is 66.5 Å². The van der Waals surface area contributed by atoms with Crippen molar-refractivity contribution in [2.45, 2.75) is 13.3 Å². The lowest BCUT2D eigenvalue weighted by atomic mass is 9.63. The molecule has 1 N–H and O–H groups in total. The summed E-state index contributed by atoms with van der Waals surface area (Å²) in [6.45, 7) is 1.84. The van der Waals surface area contributed by atoms with Crippen LogP contribution in [0.1, 0.15) is 22.3 Å². The van der Waals surface area contributed by atoms with Crippen LogP contribution in [0.15, 0.2) is 54.6 Å². The summed E-state index contributed by atoms with van der Waals surface area (Å²) < 4.78 is 0. The molecule has 2 aromatic carbocycles. The maximum absolute atomic E-state index is 13.3. The molecule has 1 heterocycles. The molecule has 2 aromatic rings. The van der Waals surface area contributed by atoms with Gasteiger partial charge in [-0.1, -0.05) is 35.9 Å². The number of anilines is 2. The molecule has 2 saturated carbocycles. The fraction of sp³-hybridized carbons (Fsp3) is 0.320. The van der Waals surface area contributed by atoms with Crippen molar-refractivity contribution in [1.82, 2.24) is 0 Å². The number of hydrogen-bond acceptors (Lipinski definition) is 3. The van der Waals surface area contributed by atoms with Crippen LogP contribution >= 0.6 is 11.6 Å². The van der Waals surface area contributed by atoms with Crippen LogP contribution in [-0.2, 0) is 9.59 Å². The summed E-state index contributed by atoms with van der Waals surface area (Å²) in [4.78, 5) is 40.8. The first-order valence-electron chi connectivity index (χ1n) is 10.7. The van der Waals surface area contributed by atoms with E-state index in [1.165, 1.54) is 4.90 Å². The summed E-state index contributed by atoms with van der Waals surface area (Å²) in [7, 11) is 0. The maximum Gasteiger partial charge on any atom is 0.255 e. The van der Waals surface area contributed by atoms with Crippen molar-refractivity contribution in [2.75, 3.05) is 10.2 Å². The number of nitrogens with zero attached hydrogens (tertiary/aromatic N) is 1. The van der Waals surface area contributed by atoms with E-state index in [0.29, 0.717) is 33.8 Å². The van der Waals surface area contributed by atoms with Crippen molar-refractivity contribution in [3.63, 3.8) is 0 Å². The highest BCUT2D eigenvalue weighted by Crippen LogP contribution is 2.65. The van der Waals surface area contributed by atoms with Crippen LogP contribution in [0, 0.1) is 42.4 Å². The van der Waals surface area contributed by atoms with Gasteiger partial charge in [-0.15, -0.1) is 0 Å². The highest BCUT2D eigenvalue weighted by Gasteiger charge is 2.67. The smallest absolute Gasteiger partial charge is 0.255 e. The fourth-order valence-electron chi connectivity index (χ4n) is 5.94. The zero-order valence-corrected chi connectivity index (χ0v) is 17.7. The molecule has 0 spiro atoms. The van der Waals surface area contributed by atoms with E-state index in [2.05, 4.69) is 17.5 Å². The summed E-state index contributed by atoms with van der Waals surface area (Å²) in [6.07, 6.45) is 5.45. The molecule has 7 rings (SSSR count). The van der Waals surface area contributed by atoms with Gasteiger partial charge in [-0.3, -0.25) is 14.4 Å². The third kappa shape index (κ3) is 2.66. The predicted octanol–water partition coefficient (Wildman–Crippen LogP) is 4.46. The standard InChI is InChI=1S/C25H21ClN2O3/c1-12-19(26)6-3-7-20(12)27-23(29)13-4-2-5-14(10-13)28-24(30)21-15-8-9-16(18-11-17(15)18)22(21)25(28)31/h2-10,15-18,21-22H,11H2,1H3,(H,27,29)/t15-,16-,17-,18-,21+,22+/m0/s1. The number of carbonyl (C=O) groups is 3. The van der Waals surface area contributed by atoms with Crippen molar-refractivity contribution in [1.29, 1.82) is 0 Å². The Kier molecular flexibility index (Phi) is 3.97. The summed E-state index contributed by atoms with van der Waals surface area (Å²) in [5, 5.41) is 3.44. The van der Waals surface area contributed by atoms with E-state index >= 15 is 0 Å². The molecule has 1 aliphatic heterocycles. The van der Waals surface area contributed by atoms with E-state index in [9.17, 15) is 14.4 Å². The van der Waals surface area contributed by atoms with Gasteiger partial charge in [-0.2, -0.15) is 0 Å². The molecular formula is C25H21ClN2O3. The Labute approximate surface area is 185 Å². The Morgan fingerprint density at radius 3 is 2.32 bits per heavy atom. The Bertz CT molecular complexity index is 1150. The van der Waals surface area contributed by atoms with Gasteiger partial charge in [0.15, 0.2) is 0 Å². The molecule has 5 nitrogen and oxygen atoms in total. The van der Waals surface area contributed by atoms with E-state index < -0.39 is 0 Å². The van der Waals surface area contributed by atoms with Crippen LogP contribution in [-0.4, -0.2) is 17.7 Å². The molecule has 3 fully saturated rings. The predicted molar refractivity (Wildman–Crippen MR) is 118 cm³/mol. The fourth-order valence-corrected chi connectivity index (χ4v) is 6.11. The Morgan fingerprint density at radius 2 is 1.65 bits per heavy atom. The minimum atomic E-state index is -0.313. The van der Waals surface area contributed by atoms with Gasteiger partial charge < -0.3 is 5.32 Å². The second-order valence-electron chi connectivity index (χ2n) is 9.08. The summed E-state index contributed by atoms with van der Waals surface area (Å²) in [5.41, 5.74) is 2.26. The van der Waals surface area contributed by atoms with Gasteiger partial charge in [0, 0.05) is 16.3 Å². The molecule has 0 radical (unpaired) electrons. The van der Waals surface area contributed by atoms with Gasteiger partial charge in [0.05, 0.1) is 17.5 Å². The molecule has 4 aliphatic carbocycles. The van der Waals surface area contributed by atoms with E-state index in [1.807, 2.05) is 6.92 Å². The molecule has 5 aliphatic rings. The van der Waals surface area contributed by atoms with Gasteiger partial charge in [-0.25, -0.2) is 4.90 Å². The minimum Gasteiger partial charge on any atom is -0.322 e. The highest BCUT2D eigenvalue weighted by atomic mass is 35.5. The average molecular weight is 433 g/mol. The third-order valence-corrected chi connectivity index (χ3v) is 7.95. The molecule has 0 aromatic heterocycles. The number of imide groups is 1. The quantitative estimate of drug-likeness (QED) is 0.575. The first kappa shape index (κ1) is 18.8. The van der Waals surface area contributed by atoms with Crippen molar-refractivity contribution < 1.29 is 14.4 Å². The lowest BCUT2D eigenvalue weighted by Gasteiger charge is -2.37. The van der Waals surface area contributed by atoms with Crippen LogP contribution in [0.5, 0.6) is 0 Å². The average Bonchev–Trinajstić information content (AvgIpc) is 3.55. The number of allylic oxidation sites excluding steroid dienone is 2. The number of benzene rings is 2. The summed E-state index contributed by atoms with van der Waals surface area (Å²) >= 11 is 6.15. The maximum atomic E-state index is 13.3.